The molecule has 1 atom stereocenters. The fourth-order valence-electron chi connectivity index (χ4n) is 1.72. The Labute approximate surface area is 117 Å². The van der Waals surface area contributed by atoms with E-state index in [0.29, 0.717) is 11.5 Å². The van der Waals surface area contributed by atoms with Gasteiger partial charge < -0.3 is 15.5 Å². The van der Waals surface area contributed by atoms with Gasteiger partial charge in [-0.2, -0.15) is 10.1 Å². The lowest BCUT2D eigenvalue weighted by Gasteiger charge is -2.13. The number of carboxylic acid groups (broad SMARTS) is 2. The molecule has 2 heterocycles. The summed E-state index contributed by atoms with van der Waals surface area (Å²) in [7, 11) is 0. The van der Waals surface area contributed by atoms with Crippen molar-refractivity contribution in [2.24, 2.45) is 0 Å². The van der Waals surface area contributed by atoms with Crippen LogP contribution in [0.1, 0.15) is 22.5 Å². The molecule has 0 saturated heterocycles. The van der Waals surface area contributed by atoms with Crippen LogP contribution in [0.25, 0.3) is 5.78 Å². The van der Waals surface area contributed by atoms with Gasteiger partial charge in [0.25, 0.3) is 11.7 Å². The van der Waals surface area contributed by atoms with Crippen molar-refractivity contribution in [1.29, 1.82) is 0 Å². The molecule has 3 N–H and O–H groups in total. The fourth-order valence-corrected chi connectivity index (χ4v) is 1.72. The number of nitrogens with zero attached hydrogens (tertiary/aromatic N) is 4. The first-order chi connectivity index (χ1) is 9.90. The number of rotatable bonds is 5. The fraction of sp³-hybridized carbons (Fsp3) is 0.273. The van der Waals surface area contributed by atoms with Crippen molar-refractivity contribution < 1.29 is 24.6 Å². The molecule has 0 aromatic carbocycles. The van der Waals surface area contributed by atoms with Crippen molar-refractivity contribution in [1.82, 2.24) is 24.9 Å². The number of hydrogen-bond acceptors (Lipinski definition) is 6. The molecule has 0 spiro atoms. The minimum Gasteiger partial charge on any atom is -0.481 e. The molecule has 0 aliphatic carbocycles. The highest BCUT2D eigenvalue weighted by Gasteiger charge is 2.25. The molecule has 0 bridgehead atoms. The number of carboxylic acids is 2. The Morgan fingerprint density at radius 2 is 2.05 bits per heavy atom. The number of aliphatic carboxylic acids is 2. The Morgan fingerprint density at radius 3 is 2.67 bits per heavy atom. The Hall–Kier alpha value is -3.04. The molecule has 10 heteroatoms. The van der Waals surface area contributed by atoms with Crippen LogP contribution in [0.5, 0.6) is 0 Å². The lowest BCUT2D eigenvalue weighted by Crippen LogP contribution is -2.42. The molecule has 2 aromatic heterocycles. The summed E-state index contributed by atoms with van der Waals surface area (Å²) in [4.78, 5) is 41.3. The molecule has 0 radical (unpaired) electrons. The predicted molar refractivity (Wildman–Crippen MR) is 66.7 cm³/mol. The van der Waals surface area contributed by atoms with E-state index in [9.17, 15) is 14.4 Å². The number of aromatic nitrogens is 4. The van der Waals surface area contributed by atoms with Crippen LogP contribution in [0.4, 0.5) is 0 Å². The molecule has 1 amide bonds. The second-order valence-corrected chi connectivity index (χ2v) is 4.19. The van der Waals surface area contributed by atoms with Crippen LogP contribution >= 0.6 is 0 Å². The van der Waals surface area contributed by atoms with E-state index in [1.165, 1.54) is 17.0 Å². The van der Waals surface area contributed by atoms with Crippen LogP contribution in [0.3, 0.4) is 0 Å². The third kappa shape index (κ3) is 2.94. The van der Waals surface area contributed by atoms with Gasteiger partial charge in [-0.25, -0.2) is 14.3 Å². The molecule has 10 nitrogen and oxygen atoms in total. The average molecular weight is 293 g/mol. The second-order valence-electron chi connectivity index (χ2n) is 4.19. The number of fused-ring (bicyclic) bond motifs is 1. The molecule has 0 saturated carbocycles. The van der Waals surface area contributed by atoms with E-state index in [4.69, 9.17) is 10.2 Å². The zero-order valence-electron chi connectivity index (χ0n) is 10.8. The monoisotopic (exact) mass is 293 g/mol. The lowest BCUT2D eigenvalue weighted by molar-refractivity contribution is -0.145. The third-order valence-electron chi connectivity index (χ3n) is 2.77. The topological polar surface area (TPSA) is 147 Å². The molecule has 0 aliphatic rings. The van der Waals surface area contributed by atoms with Gasteiger partial charge in [-0.05, 0) is 6.92 Å². The van der Waals surface area contributed by atoms with Crippen LogP contribution in [-0.2, 0) is 9.59 Å². The van der Waals surface area contributed by atoms with Crippen molar-refractivity contribution in [2.75, 3.05) is 0 Å². The van der Waals surface area contributed by atoms with Crippen molar-refractivity contribution in [3.8, 4) is 0 Å². The Morgan fingerprint density at radius 1 is 1.33 bits per heavy atom. The predicted octanol–water partition coefficient (Wildman–Crippen LogP) is -0.910. The Bertz CT molecular complexity index is 725. The van der Waals surface area contributed by atoms with E-state index >= 15 is 0 Å². The summed E-state index contributed by atoms with van der Waals surface area (Å²) in [6.45, 7) is 1.59. The minimum atomic E-state index is -1.53. The van der Waals surface area contributed by atoms with Crippen LogP contribution in [0.2, 0.25) is 0 Å². The minimum absolute atomic E-state index is 0.0876. The number of aryl methyl sites for hydroxylation is 1. The number of amides is 1. The first kappa shape index (κ1) is 14.4. The molecule has 0 aliphatic heterocycles. The smallest absolute Gasteiger partial charge is 0.326 e. The number of hydrogen-bond donors (Lipinski definition) is 3. The van der Waals surface area contributed by atoms with E-state index in [1.807, 2.05) is 0 Å². The number of nitrogens with one attached hydrogen (secondary N) is 1. The SMILES string of the molecule is Cc1c(C(=O)N[C@H](CC(=O)O)C(=O)O)cnc2ncnn12. The molecule has 0 fully saturated rings. The average Bonchev–Trinajstić information content (AvgIpc) is 2.86. The maximum Gasteiger partial charge on any atom is 0.326 e. The first-order valence-corrected chi connectivity index (χ1v) is 5.81. The molecular formula is C11H11N5O5. The third-order valence-corrected chi connectivity index (χ3v) is 2.77. The highest BCUT2D eigenvalue weighted by Crippen LogP contribution is 2.08. The van der Waals surface area contributed by atoms with Crippen molar-refractivity contribution >= 4 is 23.6 Å². The quantitative estimate of drug-likeness (QED) is 0.642. The van der Waals surface area contributed by atoms with Gasteiger partial charge in [0.15, 0.2) is 0 Å². The molecule has 2 aromatic rings. The highest BCUT2D eigenvalue weighted by atomic mass is 16.4. The Balaban J connectivity index is 2.26. The molecule has 2 rings (SSSR count). The standard InChI is InChI=1S/C11H11N5O5/c1-5-6(3-12-11-13-4-14-16(5)11)9(19)15-7(10(20)21)2-8(17)18/h3-4,7H,2H2,1H3,(H,15,19)(H,17,18)(H,20,21)/t7-/m1/s1. The summed E-state index contributed by atoms with van der Waals surface area (Å²) in [6.07, 6.45) is 1.77. The van der Waals surface area contributed by atoms with Crippen molar-refractivity contribution in [2.45, 2.75) is 19.4 Å². The van der Waals surface area contributed by atoms with E-state index in [1.54, 1.807) is 6.92 Å². The zero-order chi connectivity index (χ0) is 15.6. The van der Waals surface area contributed by atoms with Crippen LogP contribution in [0, 0.1) is 6.92 Å². The van der Waals surface area contributed by atoms with Crippen molar-refractivity contribution in [3.05, 3.63) is 23.8 Å². The number of carbonyl (C=O) groups excluding carboxylic acids is 1. The van der Waals surface area contributed by atoms with Gasteiger partial charge in [0.05, 0.1) is 17.7 Å². The van der Waals surface area contributed by atoms with E-state index in [2.05, 4.69) is 20.4 Å². The van der Waals surface area contributed by atoms with Gasteiger partial charge in [-0.1, -0.05) is 0 Å². The normalized spacial score (nSPS) is 12.0. The summed E-state index contributed by atoms with van der Waals surface area (Å²) >= 11 is 0. The summed E-state index contributed by atoms with van der Waals surface area (Å²) in [5.74, 6) is -3.21. The maximum atomic E-state index is 12.1. The van der Waals surface area contributed by atoms with Gasteiger partial charge in [0.1, 0.15) is 12.4 Å². The molecule has 110 valence electrons. The lowest BCUT2D eigenvalue weighted by atomic mass is 10.1. The Kier molecular flexibility index (Phi) is 3.78. The zero-order valence-corrected chi connectivity index (χ0v) is 10.8. The van der Waals surface area contributed by atoms with E-state index < -0.39 is 30.3 Å². The van der Waals surface area contributed by atoms with Crippen LogP contribution in [0.15, 0.2) is 12.5 Å². The summed E-state index contributed by atoms with van der Waals surface area (Å²) in [5.41, 5.74) is 0.499. The molecule has 0 unspecified atom stereocenters. The van der Waals surface area contributed by atoms with E-state index in [-0.39, 0.29) is 5.56 Å². The van der Waals surface area contributed by atoms with Crippen molar-refractivity contribution in [3.63, 3.8) is 0 Å². The summed E-state index contributed by atoms with van der Waals surface area (Å²) in [6, 6.07) is -1.53. The number of carbonyl (C=O) groups is 3. The second kappa shape index (κ2) is 5.53. The van der Waals surface area contributed by atoms with Gasteiger partial charge in [0, 0.05) is 6.20 Å². The summed E-state index contributed by atoms with van der Waals surface area (Å²) < 4.78 is 1.32. The van der Waals surface area contributed by atoms with Gasteiger partial charge in [0.2, 0.25) is 0 Å². The van der Waals surface area contributed by atoms with E-state index in [0.717, 1.165) is 0 Å². The first-order valence-electron chi connectivity index (χ1n) is 5.81. The molecule has 21 heavy (non-hydrogen) atoms. The van der Waals surface area contributed by atoms with Gasteiger partial charge in [-0.3, -0.25) is 9.59 Å². The van der Waals surface area contributed by atoms with Crippen LogP contribution < -0.4 is 5.32 Å². The van der Waals surface area contributed by atoms with Crippen LogP contribution in [-0.4, -0.2) is 53.7 Å². The van der Waals surface area contributed by atoms with Gasteiger partial charge >= 0.3 is 11.9 Å². The largest absolute Gasteiger partial charge is 0.481 e. The maximum absolute atomic E-state index is 12.1. The summed E-state index contributed by atoms with van der Waals surface area (Å²) in [5, 5.41) is 23.6. The molecular weight excluding hydrogens is 282 g/mol. The highest BCUT2D eigenvalue weighted by molar-refractivity contribution is 5.98. The van der Waals surface area contributed by atoms with Gasteiger partial charge in [-0.15, -0.1) is 0 Å².